The van der Waals surface area contributed by atoms with Crippen LogP contribution in [0.15, 0.2) is 30.3 Å². The minimum absolute atomic E-state index is 1.11. The number of benzene rings is 1. The molecule has 0 atom stereocenters. The van der Waals surface area contributed by atoms with Crippen LogP contribution in [0.1, 0.15) is 52.5 Å². The van der Waals surface area contributed by atoms with E-state index in [-0.39, 0.29) is 0 Å². The quantitative estimate of drug-likeness (QED) is 0.660. The van der Waals surface area contributed by atoms with Gasteiger partial charge in [-0.1, -0.05) is 64.4 Å². The molecule has 0 amide bonds. The Hall–Kier alpha value is -0.820. The predicted octanol–water partition coefficient (Wildman–Crippen LogP) is 4.72. The van der Waals surface area contributed by atoms with Gasteiger partial charge in [0.1, 0.15) is 0 Å². The highest BCUT2D eigenvalue weighted by Crippen LogP contribution is 2.06. The third-order valence-corrected chi connectivity index (χ3v) is 2.62. The molecule has 0 bridgehead atoms. The maximum absolute atomic E-state index is 2.55. The molecular weight excluding hydrogens is 206 g/mol. The molecule has 0 fully saturated rings. The predicted molar refractivity (Wildman–Crippen MR) is 78.3 cm³/mol. The largest absolute Gasteiger partial charge is 0.299 e. The zero-order valence-electron chi connectivity index (χ0n) is 12.1. The van der Waals surface area contributed by atoms with Crippen LogP contribution in [0, 0.1) is 0 Å². The van der Waals surface area contributed by atoms with Gasteiger partial charge < -0.3 is 0 Å². The van der Waals surface area contributed by atoms with Crippen LogP contribution in [-0.2, 0) is 6.54 Å². The second kappa shape index (κ2) is 11.7. The Bertz CT molecular complexity index is 243. The van der Waals surface area contributed by atoms with Crippen LogP contribution in [0.25, 0.3) is 0 Å². The zero-order chi connectivity index (χ0) is 12.9. The Labute approximate surface area is 108 Å². The first-order chi connectivity index (χ1) is 8.36. The molecule has 0 unspecified atom stereocenters. The van der Waals surface area contributed by atoms with E-state index in [0.29, 0.717) is 0 Å². The van der Waals surface area contributed by atoms with Crippen LogP contribution in [0.2, 0.25) is 0 Å². The molecule has 0 N–H and O–H groups in total. The molecule has 0 saturated heterocycles. The summed E-state index contributed by atoms with van der Waals surface area (Å²) in [7, 11) is 0. The highest BCUT2D eigenvalue weighted by Gasteiger charge is 2.03. The van der Waals surface area contributed by atoms with Gasteiger partial charge in [0.05, 0.1) is 0 Å². The second-order valence-electron chi connectivity index (χ2n) is 4.12. The van der Waals surface area contributed by atoms with E-state index < -0.39 is 0 Å². The van der Waals surface area contributed by atoms with Gasteiger partial charge in [0.2, 0.25) is 0 Å². The maximum Gasteiger partial charge on any atom is 0.0233 e. The molecule has 0 heterocycles. The van der Waals surface area contributed by atoms with Crippen molar-refractivity contribution in [3.63, 3.8) is 0 Å². The van der Waals surface area contributed by atoms with Gasteiger partial charge in [-0.25, -0.2) is 0 Å². The first kappa shape index (κ1) is 16.2. The van der Waals surface area contributed by atoms with Crippen molar-refractivity contribution in [2.24, 2.45) is 0 Å². The molecule has 0 aliphatic carbocycles. The van der Waals surface area contributed by atoms with Crippen molar-refractivity contribution < 1.29 is 0 Å². The Morgan fingerprint density at radius 3 is 2.06 bits per heavy atom. The summed E-state index contributed by atoms with van der Waals surface area (Å²) in [6.45, 7) is 12.1. The number of unbranched alkanes of at least 4 members (excludes halogenated alkanes) is 1. The van der Waals surface area contributed by atoms with Crippen molar-refractivity contribution in [3.05, 3.63) is 35.9 Å². The van der Waals surface area contributed by atoms with E-state index in [0.717, 1.165) is 6.54 Å². The van der Waals surface area contributed by atoms with Gasteiger partial charge >= 0.3 is 0 Å². The molecule has 1 aromatic rings. The van der Waals surface area contributed by atoms with Crippen LogP contribution >= 0.6 is 0 Å². The molecule has 0 aromatic heterocycles. The molecule has 0 spiro atoms. The summed E-state index contributed by atoms with van der Waals surface area (Å²) in [6.07, 6.45) is 3.85. The highest BCUT2D eigenvalue weighted by molar-refractivity contribution is 5.14. The Kier molecular flexibility index (Phi) is 11.1. The van der Waals surface area contributed by atoms with Crippen molar-refractivity contribution in [2.75, 3.05) is 13.1 Å². The van der Waals surface area contributed by atoms with Gasteiger partial charge in [-0.2, -0.15) is 0 Å². The SMILES string of the molecule is CC.CCCCN(CCC)Cc1ccccc1. The normalized spacial score (nSPS) is 9.94. The van der Waals surface area contributed by atoms with Gasteiger partial charge in [0.15, 0.2) is 0 Å². The standard InChI is InChI=1S/C14H23N.C2H6/c1-3-5-12-15(11-4-2)13-14-9-7-6-8-10-14;1-2/h6-10H,3-5,11-13H2,1-2H3;1-2H3. The number of nitrogens with zero attached hydrogens (tertiary/aromatic N) is 1. The summed E-state index contributed by atoms with van der Waals surface area (Å²) >= 11 is 0. The smallest absolute Gasteiger partial charge is 0.0233 e. The first-order valence-corrected chi connectivity index (χ1v) is 7.13. The molecule has 0 saturated carbocycles. The minimum atomic E-state index is 1.11. The molecule has 17 heavy (non-hydrogen) atoms. The van der Waals surface area contributed by atoms with Crippen LogP contribution in [0.3, 0.4) is 0 Å². The van der Waals surface area contributed by atoms with E-state index in [9.17, 15) is 0 Å². The van der Waals surface area contributed by atoms with Gasteiger partial charge in [0.25, 0.3) is 0 Å². The van der Waals surface area contributed by atoms with Crippen molar-refractivity contribution in [2.45, 2.75) is 53.5 Å². The fraction of sp³-hybridized carbons (Fsp3) is 0.625. The summed E-state index contributed by atoms with van der Waals surface area (Å²) in [5.41, 5.74) is 1.43. The number of hydrogen-bond acceptors (Lipinski definition) is 1. The van der Waals surface area contributed by atoms with Crippen LogP contribution in [0.4, 0.5) is 0 Å². The van der Waals surface area contributed by atoms with Gasteiger partial charge in [0, 0.05) is 6.54 Å². The van der Waals surface area contributed by atoms with E-state index in [1.807, 2.05) is 13.8 Å². The molecule has 0 aliphatic heterocycles. The van der Waals surface area contributed by atoms with Crippen LogP contribution < -0.4 is 0 Å². The zero-order valence-corrected chi connectivity index (χ0v) is 12.1. The van der Waals surface area contributed by atoms with E-state index in [1.54, 1.807) is 0 Å². The highest BCUT2D eigenvalue weighted by atomic mass is 15.1. The average molecular weight is 235 g/mol. The van der Waals surface area contributed by atoms with Gasteiger partial charge in [-0.05, 0) is 31.5 Å². The number of hydrogen-bond donors (Lipinski definition) is 0. The third-order valence-electron chi connectivity index (χ3n) is 2.62. The van der Waals surface area contributed by atoms with Gasteiger partial charge in [-0.3, -0.25) is 4.90 Å². The Balaban J connectivity index is 0.00000121. The fourth-order valence-corrected chi connectivity index (χ4v) is 1.81. The van der Waals surface area contributed by atoms with Crippen LogP contribution in [0.5, 0.6) is 0 Å². The topological polar surface area (TPSA) is 3.24 Å². The van der Waals surface area contributed by atoms with E-state index in [4.69, 9.17) is 0 Å². The number of rotatable bonds is 7. The van der Waals surface area contributed by atoms with Crippen molar-refractivity contribution in [1.82, 2.24) is 4.90 Å². The molecule has 0 radical (unpaired) electrons. The molecule has 1 nitrogen and oxygen atoms in total. The molecule has 1 heteroatoms. The van der Waals surface area contributed by atoms with Gasteiger partial charge in [-0.15, -0.1) is 0 Å². The summed E-state index contributed by atoms with van der Waals surface area (Å²) in [4.78, 5) is 2.55. The van der Waals surface area contributed by atoms with Crippen molar-refractivity contribution >= 4 is 0 Å². The van der Waals surface area contributed by atoms with E-state index in [1.165, 1.54) is 37.9 Å². The summed E-state index contributed by atoms with van der Waals surface area (Å²) < 4.78 is 0. The lowest BCUT2D eigenvalue weighted by Crippen LogP contribution is -2.25. The molecule has 1 rings (SSSR count). The fourth-order valence-electron chi connectivity index (χ4n) is 1.81. The molecule has 1 aromatic carbocycles. The lowest BCUT2D eigenvalue weighted by Gasteiger charge is -2.21. The van der Waals surface area contributed by atoms with E-state index in [2.05, 4.69) is 49.1 Å². The van der Waals surface area contributed by atoms with Crippen molar-refractivity contribution in [1.29, 1.82) is 0 Å². The third kappa shape index (κ3) is 7.98. The molecule has 0 aliphatic rings. The first-order valence-electron chi connectivity index (χ1n) is 7.13. The summed E-state index contributed by atoms with van der Waals surface area (Å²) in [6, 6.07) is 10.8. The summed E-state index contributed by atoms with van der Waals surface area (Å²) in [5, 5.41) is 0. The minimum Gasteiger partial charge on any atom is -0.299 e. The average Bonchev–Trinajstić information content (AvgIpc) is 2.40. The lowest BCUT2D eigenvalue weighted by molar-refractivity contribution is 0.262. The van der Waals surface area contributed by atoms with Crippen molar-refractivity contribution in [3.8, 4) is 0 Å². The Morgan fingerprint density at radius 1 is 0.882 bits per heavy atom. The summed E-state index contributed by atoms with van der Waals surface area (Å²) in [5.74, 6) is 0. The second-order valence-corrected chi connectivity index (χ2v) is 4.12. The molecule has 98 valence electrons. The Morgan fingerprint density at radius 2 is 1.53 bits per heavy atom. The lowest BCUT2D eigenvalue weighted by atomic mass is 10.2. The monoisotopic (exact) mass is 235 g/mol. The maximum atomic E-state index is 2.55. The van der Waals surface area contributed by atoms with Crippen LogP contribution in [-0.4, -0.2) is 18.0 Å². The molecular formula is C16H29N. The van der Waals surface area contributed by atoms with E-state index >= 15 is 0 Å².